The van der Waals surface area contributed by atoms with Crippen LogP contribution in [-0.2, 0) is 22.7 Å². The van der Waals surface area contributed by atoms with Crippen LogP contribution in [0.25, 0.3) is 6.08 Å². The fourth-order valence-corrected chi connectivity index (χ4v) is 3.81. The van der Waals surface area contributed by atoms with Crippen LogP contribution in [-0.4, -0.2) is 29.2 Å². The summed E-state index contributed by atoms with van der Waals surface area (Å²) in [4.78, 5) is 39.7. The second-order valence-corrected chi connectivity index (χ2v) is 8.26. The summed E-state index contributed by atoms with van der Waals surface area (Å²) in [6, 6.07) is 18.2. The highest BCUT2D eigenvalue weighted by molar-refractivity contribution is 6.05. The molecule has 3 amide bonds. The largest absolute Gasteiger partial charge is 0.465 e. The van der Waals surface area contributed by atoms with Gasteiger partial charge in [0.05, 0.1) is 6.26 Å². The highest BCUT2D eigenvalue weighted by Gasteiger charge is 2.21. The first-order chi connectivity index (χ1) is 16.5. The molecule has 0 saturated carbocycles. The predicted molar refractivity (Wildman–Crippen MR) is 128 cm³/mol. The maximum absolute atomic E-state index is 13.1. The second kappa shape index (κ2) is 10.7. The first-order valence-corrected chi connectivity index (χ1v) is 11.3. The third kappa shape index (κ3) is 5.81. The fraction of sp³-hybridized carbons (Fsp3) is 0.222. The van der Waals surface area contributed by atoms with Gasteiger partial charge in [-0.3, -0.25) is 14.4 Å². The molecule has 174 valence electrons. The number of hydrogen-bond donors (Lipinski definition) is 2. The van der Waals surface area contributed by atoms with Crippen molar-refractivity contribution in [2.24, 2.45) is 0 Å². The Morgan fingerprint density at radius 1 is 1.03 bits per heavy atom. The molecule has 0 atom stereocenters. The van der Waals surface area contributed by atoms with Gasteiger partial charge in [0.25, 0.3) is 11.8 Å². The Labute approximate surface area is 198 Å². The van der Waals surface area contributed by atoms with Crippen LogP contribution < -0.4 is 10.6 Å². The molecule has 1 saturated heterocycles. The monoisotopic (exact) mass is 457 g/mol. The predicted octanol–water partition coefficient (Wildman–Crippen LogP) is 3.80. The van der Waals surface area contributed by atoms with Crippen molar-refractivity contribution in [2.75, 3.05) is 6.54 Å². The molecule has 2 heterocycles. The quantitative estimate of drug-likeness (QED) is 0.504. The van der Waals surface area contributed by atoms with E-state index in [4.69, 9.17) is 4.42 Å². The van der Waals surface area contributed by atoms with Crippen molar-refractivity contribution in [3.63, 3.8) is 0 Å². The third-order valence-electron chi connectivity index (χ3n) is 5.73. The van der Waals surface area contributed by atoms with Crippen molar-refractivity contribution >= 4 is 23.8 Å². The molecule has 1 fully saturated rings. The van der Waals surface area contributed by atoms with Crippen LogP contribution in [0.4, 0.5) is 0 Å². The zero-order valence-corrected chi connectivity index (χ0v) is 19.0. The van der Waals surface area contributed by atoms with Gasteiger partial charge in [0.2, 0.25) is 5.91 Å². The van der Waals surface area contributed by atoms with E-state index in [9.17, 15) is 14.4 Å². The number of nitrogens with zero attached hydrogens (tertiary/aromatic N) is 1. The lowest BCUT2D eigenvalue weighted by Gasteiger charge is -2.18. The van der Waals surface area contributed by atoms with E-state index in [-0.39, 0.29) is 24.1 Å². The molecule has 0 spiro atoms. The van der Waals surface area contributed by atoms with E-state index >= 15 is 0 Å². The molecule has 3 aromatic rings. The second-order valence-electron chi connectivity index (χ2n) is 8.26. The number of carbonyl (C=O) groups excluding carboxylic acids is 3. The number of benzene rings is 2. The Hall–Kier alpha value is -4.13. The van der Waals surface area contributed by atoms with Crippen LogP contribution in [0.3, 0.4) is 0 Å². The number of likely N-dealkylation sites (tertiary alicyclic amines) is 1. The Morgan fingerprint density at radius 3 is 2.47 bits per heavy atom. The summed E-state index contributed by atoms with van der Waals surface area (Å²) in [6.45, 7) is 3.46. The molecular weight excluding hydrogens is 430 g/mol. The average molecular weight is 458 g/mol. The summed E-state index contributed by atoms with van der Waals surface area (Å²) in [7, 11) is 0. The standard InChI is InChI=1S/C27H27N3O4/c1-19-10-12-20(13-11-19)26(32)29-24(16-23-8-5-15-34-23)27(33)28-17-21-6-2-3-7-22(21)18-30-14-4-9-25(30)31/h2-3,5-8,10-13,15-16H,4,9,14,17-18H2,1H3,(H,28,33)(H,29,32)/b24-16-. The molecule has 34 heavy (non-hydrogen) atoms. The van der Waals surface area contributed by atoms with E-state index in [1.807, 2.05) is 48.2 Å². The molecule has 2 N–H and O–H groups in total. The van der Waals surface area contributed by atoms with Crippen LogP contribution in [0.2, 0.25) is 0 Å². The Bertz CT molecular complexity index is 1200. The number of amides is 3. The van der Waals surface area contributed by atoms with Gasteiger partial charge in [0, 0.05) is 37.7 Å². The van der Waals surface area contributed by atoms with Crippen molar-refractivity contribution in [1.29, 1.82) is 0 Å². The molecule has 2 aromatic carbocycles. The van der Waals surface area contributed by atoms with E-state index in [1.54, 1.807) is 24.3 Å². The average Bonchev–Trinajstić information content (AvgIpc) is 3.50. The maximum atomic E-state index is 13.1. The van der Waals surface area contributed by atoms with Gasteiger partial charge in [0.15, 0.2) is 0 Å². The smallest absolute Gasteiger partial charge is 0.268 e. The minimum Gasteiger partial charge on any atom is -0.465 e. The van der Waals surface area contributed by atoms with Crippen molar-refractivity contribution in [3.8, 4) is 0 Å². The Morgan fingerprint density at radius 2 is 1.79 bits per heavy atom. The Balaban J connectivity index is 1.48. The molecule has 1 aliphatic heterocycles. The van der Waals surface area contributed by atoms with Gasteiger partial charge in [-0.15, -0.1) is 0 Å². The summed E-state index contributed by atoms with van der Waals surface area (Å²) in [5.74, 6) is -0.228. The summed E-state index contributed by atoms with van der Waals surface area (Å²) in [5.41, 5.74) is 3.46. The highest BCUT2D eigenvalue weighted by atomic mass is 16.3. The number of furan rings is 1. The van der Waals surface area contributed by atoms with Crippen LogP contribution in [0.15, 0.2) is 77.0 Å². The summed E-state index contributed by atoms with van der Waals surface area (Å²) in [5, 5.41) is 5.59. The van der Waals surface area contributed by atoms with Crippen molar-refractivity contribution in [2.45, 2.75) is 32.9 Å². The van der Waals surface area contributed by atoms with Crippen LogP contribution in [0.1, 0.15) is 45.7 Å². The van der Waals surface area contributed by atoms with Gasteiger partial charge in [-0.2, -0.15) is 0 Å². The van der Waals surface area contributed by atoms with E-state index in [0.29, 0.717) is 24.3 Å². The lowest BCUT2D eigenvalue weighted by Crippen LogP contribution is -2.35. The molecular formula is C27H27N3O4. The normalized spacial score (nSPS) is 13.7. The number of rotatable bonds is 8. The van der Waals surface area contributed by atoms with Crippen LogP contribution in [0, 0.1) is 6.92 Å². The number of carbonyl (C=O) groups is 3. The molecule has 7 nitrogen and oxygen atoms in total. The summed E-state index contributed by atoms with van der Waals surface area (Å²) < 4.78 is 5.34. The van der Waals surface area contributed by atoms with Crippen molar-refractivity contribution in [1.82, 2.24) is 15.5 Å². The highest BCUT2D eigenvalue weighted by Crippen LogP contribution is 2.17. The van der Waals surface area contributed by atoms with Crippen LogP contribution >= 0.6 is 0 Å². The lowest BCUT2D eigenvalue weighted by molar-refractivity contribution is -0.128. The number of hydrogen-bond acceptors (Lipinski definition) is 4. The van der Waals surface area contributed by atoms with Gasteiger partial charge < -0.3 is 20.0 Å². The maximum Gasteiger partial charge on any atom is 0.268 e. The molecule has 1 aromatic heterocycles. The Kier molecular flexibility index (Phi) is 7.22. The lowest BCUT2D eigenvalue weighted by atomic mass is 10.1. The zero-order chi connectivity index (χ0) is 23.9. The first-order valence-electron chi connectivity index (χ1n) is 11.3. The molecule has 0 aliphatic carbocycles. The van der Waals surface area contributed by atoms with E-state index < -0.39 is 5.91 Å². The molecule has 0 unspecified atom stereocenters. The zero-order valence-electron chi connectivity index (χ0n) is 19.0. The molecule has 1 aliphatic rings. The molecule has 7 heteroatoms. The first kappa shape index (κ1) is 23.0. The molecule has 0 radical (unpaired) electrons. The molecule has 0 bridgehead atoms. The molecule has 4 rings (SSSR count). The van der Waals surface area contributed by atoms with Gasteiger partial charge >= 0.3 is 0 Å². The van der Waals surface area contributed by atoms with Crippen LogP contribution in [0.5, 0.6) is 0 Å². The number of aryl methyl sites for hydroxylation is 1. The minimum absolute atomic E-state index is 0.0766. The van der Waals surface area contributed by atoms with Gasteiger partial charge in [-0.1, -0.05) is 42.0 Å². The fourth-order valence-electron chi connectivity index (χ4n) is 3.81. The van der Waals surface area contributed by atoms with Crippen molar-refractivity contribution < 1.29 is 18.8 Å². The van der Waals surface area contributed by atoms with Gasteiger partial charge in [0.1, 0.15) is 11.5 Å². The topological polar surface area (TPSA) is 91.7 Å². The third-order valence-corrected chi connectivity index (χ3v) is 5.73. The minimum atomic E-state index is -0.441. The van der Waals surface area contributed by atoms with Gasteiger partial charge in [-0.05, 0) is 48.7 Å². The van der Waals surface area contributed by atoms with E-state index in [1.165, 1.54) is 12.3 Å². The summed E-state index contributed by atoms with van der Waals surface area (Å²) >= 11 is 0. The van der Waals surface area contributed by atoms with E-state index in [2.05, 4.69) is 10.6 Å². The van der Waals surface area contributed by atoms with Gasteiger partial charge in [-0.25, -0.2) is 0 Å². The van der Waals surface area contributed by atoms with E-state index in [0.717, 1.165) is 29.7 Å². The SMILES string of the molecule is Cc1ccc(C(=O)N/C(=C\c2ccco2)C(=O)NCc2ccccc2CN2CCCC2=O)cc1. The summed E-state index contributed by atoms with van der Waals surface area (Å²) in [6.07, 6.45) is 4.45. The van der Waals surface area contributed by atoms with Crippen molar-refractivity contribution in [3.05, 3.63) is 101 Å². The number of nitrogens with one attached hydrogen (secondary N) is 2.